The van der Waals surface area contributed by atoms with E-state index < -0.39 is 17.5 Å². The Balaban J connectivity index is 1.43. The highest BCUT2D eigenvalue weighted by Crippen LogP contribution is 2.34. The van der Waals surface area contributed by atoms with Gasteiger partial charge in [0.15, 0.2) is 0 Å². The molecular weight excluding hydrogens is 554 g/mol. The Morgan fingerprint density at radius 1 is 0.930 bits per heavy atom. The summed E-state index contributed by atoms with van der Waals surface area (Å²) in [6.45, 7) is 2.62. The number of nitrogens with one attached hydrogen (secondary N) is 1. The lowest BCUT2D eigenvalue weighted by Gasteiger charge is -2.13. The van der Waals surface area contributed by atoms with Gasteiger partial charge in [0.2, 0.25) is 0 Å². The van der Waals surface area contributed by atoms with E-state index in [1.165, 1.54) is 0 Å². The topological polar surface area (TPSA) is 104 Å². The van der Waals surface area contributed by atoms with Crippen molar-refractivity contribution in [2.75, 3.05) is 6.61 Å². The molecule has 1 amide bonds. The maximum Gasteiger partial charge on any atom is 0.310 e. The normalized spacial score (nSPS) is 11.0. The van der Waals surface area contributed by atoms with Gasteiger partial charge in [0.05, 0.1) is 25.1 Å². The van der Waals surface area contributed by atoms with Crippen LogP contribution in [0.4, 0.5) is 8.78 Å². The number of halogens is 2. The minimum absolute atomic E-state index is 0.0142. The fourth-order valence-electron chi connectivity index (χ4n) is 4.77. The first-order chi connectivity index (χ1) is 20.8. The van der Waals surface area contributed by atoms with Crippen molar-refractivity contribution in [2.45, 2.75) is 33.0 Å². The van der Waals surface area contributed by atoms with Crippen molar-refractivity contribution in [3.63, 3.8) is 0 Å². The molecule has 1 heterocycles. The number of benzene rings is 4. The summed E-state index contributed by atoms with van der Waals surface area (Å²) < 4.78 is 44.8. The van der Waals surface area contributed by atoms with Gasteiger partial charge in [-0.2, -0.15) is 0 Å². The summed E-state index contributed by atoms with van der Waals surface area (Å²) in [5.74, 6) is -1.71. The standard InChI is InChI=1S/C34H30F2N2O5/c1-2-41-32(39)16-24-7-3-4-9-31(24)42-20-22-13-25-15-27(19-38-34(40)28-11-10-26(35)17-30(28)36)43-33(25)29(14-22)23-8-5-6-21(12-23)18-37/h3-15,17H,2,16,18-20,37H2,1H3,(H,38,40). The molecule has 0 atom stereocenters. The zero-order valence-corrected chi connectivity index (χ0v) is 23.5. The molecule has 0 aliphatic heterocycles. The molecule has 5 aromatic rings. The van der Waals surface area contributed by atoms with E-state index in [9.17, 15) is 18.4 Å². The summed E-state index contributed by atoms with van der Waals surface area (Å²) in [6.07, 6.45) is 0.0960. The smallest absolute Gasteiger partial charge is 0.310 e. The van der Waals surface area contributed by atoms with Gasteiger partial charge in [0.1, 0.15) is 35.3 Å². The summed E-state index contributed by atoms with van der Waals surface area (Å²) in [5.41, 5.74) is 10.4. The van der Waals surface area contributed by atoms with Crippen molar-refractivity contribution in [3.8, 4) is 16.9 Å². The first kappa shape index (κ1) is 29.5. The lowest BCUT2D eigenvalue weighted by molar-refractivity contribution is -0.142. The van der Waals surface area contributed by atoms with Crippen molar-refractivity contribution in [3.05, 3.63) is 125 Å². The number of fused-ring (bicyclic) bond motifs is 1. The van der Waals surface area contributed by atoms with E-state index in [-0.39, 0.29) is 31.1 Å². The van der Waals surface area contributed by atoms with Gasteiger partial charge in [-0.25, -0.2) is 8.78 Å². The molecule has 220 valence electrons. The largest absolute Gasteiger partial charge is 0.489 e. The number of carbonyl (C=O) groups is 2. The van der Waals surface area contributed by atoms with Crippen molar-refractivity contribution in [1.29, 1.82) is 0 Å². The quantitative estimate of drug-likeness (QED) is 0.173. The maximum atomic E-state index is 14.1. The number of nitrogens with two attached hydrogens (primary N) is 1. The highest BCUT2D eigenvalue weighted by atomic mass is 19.1. The molecule has 0 saturated carbocycles. The first-order valence-electron chi connectivity index (χ1n) is 13.8. The van der Waals surface area contributed by atoms with E-state index >= 15 is 0 Å². The van der Waals surface area contributed by atoms with Gasteiger partial charge in [-0.15, -0.1) is 0 Å². The molecule has 0 aliphatic rings. The Morgan fingerprint density at radius 2 is 1.77 bits per heavy atom. The predicted molar refractivity (Wildman–Crippen MR) is 158 cm³/mol. The summed E-state index contributed by atoms with van der Waals surface area (Å²) in [5, 5.41) is 3.40. The van der Waals surface area contributed by atoms with Gasteiger partial charge < -0.3 is 24.9 Å². The van der Waals surface area contributed by atoms with E-state index in [0.717, 1.165) is 45.3 Å². The van der Waals surface area contributed by atoms with Crippen LogP contribution >= 0.6 is 0 Å². The van der Waals surface area contributed by atoms with Crippen LogP contribution in [0.5, 0.6) is 5.75 Å². The van der Waals surface area contributed by atoms with Crippen LogP contribution < -0.4 is 15.8 Å². The molecule has 0 saturated heterocycles. The van der Waals surface area contributed by atoms with Gasteiger partial charge >= 0.3 is 5.97 Å². The number of esters is 1. The third-order valence-electron chi connectivity index (χ3n) is 6.81. The summed E-state index contributed by atoms with van der Waals surface area (Å²) in [6, 6.07) is 23.6. The van der Waals surface area contributed by atoms with Gasteiger partial charge in [0, 0.05) is 29.1 Å². The first-order valence-corrected chi connectivity index (χ1v) is 13.8. The zero-order valence-electron chi connectivity index (χ0n) is 23.5. The van der Waals surface area contributed by atoms with Crippen molar-refractivity contribution < 1.29 is 32.3 Å². The predicted octanol–water partition coefficient (Wildman–Crippen LogP) is 6.45. The third kappa shape index (κ3) is 7.07. The molecular formula is C34H30F2N2O5. The number of amides is 1. The molecule has 7 nitrogen and oxygen atoms in total. The van der Waals surface area contributed by atoms with Crippen LogP contribution in [0.3, 0.4) is 0 Å². The average molecular weight is 585 g/mol. The summed E-state index contributed by atoms with van der Waals surface area (Å²) in [4.78, 5) is 24.6. The zero-order chi connectivity index (χ0) is 30.3. The van der Waals surface area contributed by atoms with Crippen LogP contribution in [0.1, 0.15) is 39.7 Å². The highest BCUT2D eigenvalue weighted by molar-refractivity contribution is 5.95. The Bertz CT molecular complexity index is 1780. The number of ether oxygens (including phenoxy) is 2. The second-order valence-corrected chi connectivity index (χ2v) is 9.86. The molecule has 3 N–H and O–H groups in total. The van der Waals surface area contributed by atoms with Crippen molar-refractivity contribution in [1.82, 2.24) is 5.32 Å². The fraction of sp³-hybridized carbons (Fsp3) is 0.176. The van der Waals surface area contributed by atoms with Crippen molar-refractivity contribution >= 4 is 22.8 Å². The van der Waals surface area contributed by atoms with Gasteiger partial charge in [-0.3, -0.25) is 9.59 Å². The lowest BCUT2D eigenvalue weighted by Crippen LogP contribution is -2.23. The number of furan rings is 1. The number of hydrogen-bond acceptors (Lipinski definition) is 6. The highest BCUT2D eigenvalue weighted by Gasteiger charge is 2.17. The fourth-order valence-corrected chi connectivity index (χ4v) is 4.77. The monoisotopic (exact) mass is 584 g/mol. The van der Waals surface area contributed by atoms with Crippen LogP contribution in [0, 0.1) is 11.6 Å². The summed E-state index contributed by atoms with van der Waals surface area (Å²) in [7, 11) is 0. The van der Waals surface area contributed by atoms with Crippen LogP contribution in [0.2, 0.25) is 0 Å². The van der Waals surface area contributed by atoms with E-state index in [4.69, 9.17) is 19.6 Å². The molecule has 9 heteroatoms. The number of hydrogen-bond donors (Lipinski definition) is 2. The minimum Gasteiger partial charge on any atom is -0.489 e. The van der Waals surface area contributed by atoms with E-state index in [1.54, 1.807) is 19.1 Å². The van der Waals surface area contributed by atoms with Gasteiger partial charge in [-0.05, 0) is 66.1 Å². The second-order valence-electron chi connectivity index (χ2n) is 9.86. The molecule has 0 aliphatic carbocycles. The van der Waals surface area contributed by atoms with Gasteiger partial charge in [-0.1, -0.05) is 36.4 Å². The van der Waals surface area contributed by atoms with E-state index in [0.29, 0.717) is 36.3 Å². The average Bonchev–Trinajstić information content (AvgIpc) is 3.42. The maximum absolute atomic E-state index is 14.1. The number of para-hydroxylation sites is 1. The van der Waals surface area contributed by atoms with E-state index in [1.807, 2.05) is 54.6 Å². The molecule has 0 spiro atoms. The third-order valence-corrected chi connectivity index (χ3v) is 6.81. The molecule has 1 aromatic heterocycles. The number of carbonyl (C=O) groups excluding carboxylic acids is 2. The Morgan fingerprint density at radius 3 is 2.56 bits per heavy atom. The SMILES string of the molecule is CCOC(=O)Cc1ccccc1OCc1cc(-c2cccc(CN)c2)c2oc(CNC(=O)c3ccc(F)cc3F)cc2c1. The molecule has 43 heavy (non-hydrogen) atoms. The van der Waals surface area contributed by atoms with E-state index in [2.05, 4.69) is 5.32 Å². The molecule has 0 bridgehead atoms. The molecule has 0 unspecified atom stereocenters. The summed E-state index contributed by atoms with van der Waals surface area (Å²) >= 11 is 0. The second kappa shape index (κ2) is 13.3. The van der Waals surface area contributed by atoms with Crippen LogP contribution in [0.15, 0.2) is 89.3 Å². The Kier molecular flexibility index (Phi) is 9.12. The molecule has 0 fully saturated rings. The van der Waals surface area contributed by atoms with Crippen LogP contribution in [-0.4, -0.2) is 18.5 Å². The molecule has 0 radical (unpaired) electrons. The minimum atomic E-state index is -0.947. The van der Waals surface area contributed by atoms with Gasteiger partial charge in [0.25, 0.3) is 5.91 Å². The van der Waals surface area contributed by atoms with Crippen LogP contribution in [-0.2, 0) is 35.6 Å². The molecule has 4 aromatic carbocycles. The van der Waals surface area contributed by atoms with Crippen LogP contribution in [0.25, 0.3) is 22.1 Å². The van der Waals surface area contributed by atoms with Crippen molar-refractivity contribution in [2.24, 2.45) is 5.73 Å². The lowest BCUT2D eigenvalue weighted by atomic mass is 9.99. The molecule has 5 rings (SSSR count). The number of rotatable bonds is 11. The Hall–Kier alpha value is -5.02. The Labute approximate surface area is 247 Å².